The first-order chi connectivity index (χ1) is 8.90. The number of hydrogen-bond acceptors (Lipinski definition) is 4. The number of aryl methyl sites for hydroxylation is 1. The number of nitrogens with zero attached hydrogens (tertiary/aromatic N) is 2. The van der Waals surface area contributed by atoms with Crippen molar-refractivity contribution in [2.75, 3.05) is 5.73 Å². The van der Waals surface area contributed by atoms with E-state index in [1.165, 1.54) is 6.07 Å². The molecular formula is C12H9F2N3O2. The Morgan fingerprint density at radius 3 is 2.47 bits per heavy atom. The van der Waals surface area contributed by atoms with Gasteiger partial charge in [-0.25, -0.2) is 23.5 Å². The van der Waals surface area contributed by atoms with Crippen LogP contribution in [0.25, 0.3) is 11.4 Å². The first-order valence-electron chi connectivity index (χ1n) is 5.23. The van der Waals surface area contributed by atoms with Crippen molar-refractivity contribution in [1.82, 2.24) is 9.97 Å². The van der Waals surface area contributed by atoms with Crippen molar-refractivity contribution in [3.8, 4) is 11.4 Å². The molecule has 0 saturated heterocycles. The Bertz CT molecular complexity index is 674. The van der Waals surface area contributed by atoms with Gasteiger partial charge in [-0.15, -0.1) is 0 Å². The molecule has 0 aliphatic heterocycles. The highest BCUT2D eigenvalue weighted by Gasteiger charge is 2.19. The van der Waals surface area contributed by atoms with E-state index < -0.39 is 29.0 Å². The zero-order valence-corrected chi connectivity index (χ0v) is 9.82. The fourth-order valence-corrected chi connectivity index (χ4v) is 1.55. The average molecular weight is 265 g/mol. The van der Waals surface area contributed by atoms with E-state index in [0.717, 1.165) is 12.1 Å². The molecule has 3 N–H and O–H groups in total. The van der Waals surface area contributed by atoms with E-state index in [4.69, 9.17) is 10.8 Å². The minimum Gasteiger partial charge on any atom is -0.476 e. The van der Waals surface area contributed by atoms with Crippen molar-refractivity contribution in [3.63, 3.8) is 0 Å². The molecule has 0 unspecified atom stereocenters. The molecular weight excluding hydrogens is 256 g/mol. The van der Waals surface area contributed by atoms with Gasteiger partial charge in [-0.05, 0) is 19.1 Å². The summed E-state index contributed by atoms with van der Waals surface area (Å²) in [7, 11) is 0. The van der Waals surface area contributed by atoms with Gasteiger partial charge in [0.2, 0.25) is 0 Å². The first kappa shape index (κ1) is 12.9. The maximum atomic E-state index is 13.7. The van der Waals surface area contributed by atoms with Crippen molar-refractivity contribution in [1.29, 1.82) is 0 Å². The lowest BCUT2D eigenvalue weighted by molar-refractivity contribution is 0.0692. The van der Waals surface area contributed by atoms with Gasteiger partial charge in [0, 0.05) is 11.8 Å². The molecule has 0 saturated carbocycles. The second-order valence-electron chi connectivity index (χ2n) is 3.84. The molecule has 0 fully saturated rings. The largest absolute Gasteiger partial charge is 0.476 e. The molecule has 0 amide bonds. The van der Waals surface area contributed by atoms with Crippen molar-refractivity contribution < 1.29 is 18.7 Å². The van der Waals surface area contributed by atoms with Gasteiger partial charge in [-0.3, -0.25) is 0 Å². The van der Waals surface area contributed by atoms with E-state index in [0.29, 0.717) is 5.69 Å². The number of rotatable bonds is 2. The Balaban J connectivity index is 2.71. The molecule has 98 valence electrons. The summed E-state index contributed by atoms with van der Waals surface area (Å²) in [4.78, 5) is 18.3. The van der Waals surface area contributed by atoms with Crippen LogP contribution in [0, 0.1) is 18.6 Å². The highest BCUT2D eigenvalue weighted by molar-refractivity contribution is 5.92. The number of aromatic nitrogens is 2. The Hall–Kier alpha value is -2.57. The van der Waals surface area contributed by atoms with Crippen LogP contribution in [0.5, 0.6) is 0 Å². The fraction of sp³-hybridized carbons (Fsp3) is 0.0833. The predicted molar refractivity (Wildman–Crippen MR) is 63.5 cm³/mol. The van der Waals surface area contributed by atoms with Crippen LogP contribution in [0.15, 0.2) is 18.2 Å². The van der Waals surface area contributed by atoms with E-state index in [2.05, 4.69) is 9.97 Å². The molecule has 2 aromatic heterocycles. The number of nitrogen functional groups attached to an aromatic ring is 1. The Labute approximate surface area is 106 Å². The van der Waals surface area contributed by atoms with Crippen LogP contribution in [0.2, 0.25) is 0 Å². The van der Waals surface area contributed by atoms with Crippen LogP contribution < -0.4 is 5.73 Å². The quantitative estimate of drug-likeness (QED) is 0.867. The van der Waals surface area contributed by atoms with Crippen LogP contribution in [-0.2, 0) is 0 Å². The van der Waals surface area contributed by atoms with E-state index in [9.17, 15) is 13.6 Å². The lowest BCUT2D eigenvalue weighted by Gasteiger charge is -2.07. The molecule has 0 atom stereocenters. The zero-order chi connectivity index (χ0) is 14.2. The molecule has 0 aliphatic rings. The number of carboxylic acid groups (broad SMARTS) is 1. The van der Waals surface area contributed by atoms with Crippen molar-refractivity contribution >= 4 is 11.7 Å². The van der Waals surface area contributed by atoms with Crippen LogP contribution in [-0.4, -0.2) is 21.0 Å². The van der Waals surface area contributed by atoms with Crippen LogP contribution in [0.4, 0.5) is 14.5 Å². The third kappa shape index (κ3) is 2.35. The molecule has 5 nitrogen and oxygen atoms in total. The predicted octanol–water partition coefficient (Wildman–Crippen LogP) is 2.01. The smallest absolute Gasteiger partial charge is 0.356 e. The Morgan fingerprint density at radius 2 is 1.84 bits per heavy atom. The maximum Gasteiger partial charge on any atom is 0.356 e. The number of carbonyl (C=O) groups is 1. The van der Waals surface area contributed by atoms with Crippen molar-refractivity contribution in [2.24, 2.45) is 0 Å². The van der Waals surface area contributed by atoms with Crippen LogP contribution in [0.1, 0.15) is 16.2 Å². The summed E-state index contributed by atoms with van der Waals surface area (Å²) in [5.41, 5.74) is 4.09. The third-order valence-corrected chi connectivity index (χ3v) is 2.42. The van der Waals surface area contributed by atoms with Crippen molar-refractivity contribution in [2.45, 2.75) is 6.92 Å². The van der Waals surface area contributed by atoms with Crippen LogP contribution in [0.3, 0.4) is 0 Å². The fourth-order valence-electron chi connectivity index (χ4n) is 1.55. The van der Waals surface area contributed by atoms with Gasteiger partial charge in [-0.2, -0.15) is 0 Å². The summed E-state index contributed by atoms with van der Waals surface area (Å²) in [5, 5.41) is 8.87. The second-order valence-corrected chi connectivity index (χ2v) is 3.84. The second kappa shape index (κ2) is 4.60. The Morgan fingerprint density at radius 1 is 1.21 bits per heavy atom. The Kier molecular flexibility index (Phi) is 3.12. The lowest BCUT2D eigenvalue weighted by Crippen LogP contribution is -2.09. The van der Waals surface area contributed by atoms with E-state index in [1.807, 2.05) is 0 Å². The molecule has 19 heavy (non-hydrogen) atoms. The number of aromatic carboxylic acids is 1. The van der Waals surface area contributed by atoms with Gasteiger partial charge in [0.1, 0.15) is 11.4 Å². The van der Waals surface area contributed by atoms with Gasteiger partial charge >= 0.3 is 5.97 Å². The minimum atomic E-state index is -1.42. The molecule has 2 heterocycles. The maximum absolute atomic E-state index is 13.7. The summed E-state index contributed by atoms with van der Waals surface area (Å²) >= 11 is 0. The molecule has 2 rings (SSSR count). The van der Waals surface area contributed by atoms with Crippen molar-refractivity contribution in [3.05, 3.63) is 41.2 Å². The van der Waals surface area contributed by atoms with Gasteiger partial charge in [0.15, 0.2) is 17.3 Å². The molecule has 7 heteroatoms. The third-order valence-electron chi connectivity index (χ3n) is 2.42. The molecule has 0 aromatic carbocycles. The summed E-state index contributed by atoms with van der Waals surface area (Å²) < 4.78 is 27.4. The summed E-state index contributed by atoms with van der Waals surface area (Å²) in [6.45, 7) is 1.59. The summed E-state index contributed by atoms with van der Waals surface area (Å²) in [5.74, 6) is -3.15. The highest BCUT2D eigenvalue weighted by atomic mass is 19.1. The molecule has 0 spiro atoms. The topological polar surface area (TPSA) is 89.1 Å². The average Bonchev–Trinajstić information content (AvgIpc) is 2.32. The molecule has 0 radical (unpaired) electrons. The molecule has 2 aromatic rings. The van der Waals surface area contributed by atoms with Gasteiger partial charge in [0.25, 0.3) is 0 Å². The number of nitrogens with two attached hydrogens (primary N) is 1. The number of halogens is 2. The first-order valence-corrected chi connectivity index (χ1v) is 5.23. The summed E-state index contributed by atoms with van der Waals surface area (Å²) in [6, 6.07) is 3.30. The monoisotopic (exact) mass is 265 g/mol. The molecule has 0 bridgehead atoms. The normalized spacial score (nSPS) is 10.5. The molecule has 0 aliphatic carbocycles. The van der Waals surface area contributed by atoms with Crippen LogP contribution >= 0.6 is 0 Å². The zero-order valence-electron chi connectivity index (χ0n) is 9.82. The SMILES string of the molecule is Cc1ccc(F)c(-c2nc(C(=O)O)c(N)cc2F)n1. The van der Waals surface area contributed by atoms with Gasteiger partial charge in [0.05, 0.1) is 5.69 Å². The van der Waals surface area contributed by atoms with E-state index in [1.54, 1.807) is 6.92 Å². The number of pyridine rings is 2. The van der Waals surface area contributed by atoms with Gasteiger partial charge in [-0.1, -0.05) is 0 Å². The standard InChI is InChI=1S/C12H9F2N3O2/c1-5-2-3-6(13)9(16-5)10-7(14)4-8(15)11(17-10)12(18)19/h2-4H,15H2,1H3,(H,18,19). The van der Waals surface area contributed by atoms with Gasteiger partial charge < -0.3 is 10.8 Å². The van der Waals surface area contributed by atoms with E-state index >= 15 is 0 Å². The number of hydrogen-bond donors (Lipinski definition) is 2. The number of carboxylic acids is 1. The number of anilines is 1. The van der Waals surface area contributed by atoms with E-state index in [-0.39, 0.29) is 11.4 Å². The highest BCUT2D eigenvalue weighted by Crippen LogP contribution is 2.25. The summed E-state index contributed by atoms with van der Waals surface area (Å²) in [6.07, 6.45) is 0. The minimum absolute atomic E-state index is 0.332. The lowest BCUT2D eigenvalue weighted by atomic mass is 10.2.